The molecule has 1 saturated heterocycles. The molecule has 0 aromatic carbocycles. The molecule has 0 spiro atoms. The molecule has 0 saturated carbocycles. The second-order valence-electron chi connectivity index (χ2n) is 4.83. The maximum Gasteiger partial charge on any atom is 0.416 e. The van der Waals surface area contributed by atoms with Gasteiger partial charge in [0.1, 0.15) is 5.82 Å². The van der Waals surface area contributed by atoms with Crippen LogP contribution in [0, 0.1) is 0 Å². The number of anilines is 1. The molecule has 106 valence electrons. The molecular formula is C13H18F3N3. The Hall–Kier alpha value is -1.30. The van der Waals surface area contributed by atoms with Crippen LogP contribution in [0.25, 0.3) is 0 Å². The first kappa shape index (κ1) is 14.1. The Bertz CT molecular complexity index is 420. The Morgan fingerprint density at radius 2 is 2.11 bits per heavy atom. The van der Waals surface area contributed by atoms with Crippen molar-refractivity contribution in [1.29, 1.82) is 0 Å². The summed E-state index contributed by atoms with van der Waals surface area (Å²) in [6, 6.07) is 2.20. The summed E-state index contributed by atoms with van der Waals surface area (Å²) in [5, 5.41) is 0. The molecule has 2 rings (SSSR count). The Morgan fingerprint density at radius 1 is 1.32 bits per heavy atom. The van der Waals surface area contributed by atoms with Crippen molar-refractivity contribution < 1.29 is 13.2 Å². The SMILES string of the molecule is NCC1CCCCCN1c1cc(C(F)(F)F)ccn1. The molecule has 3 nitrogen and oxygen atoms in total. The number of halogens is 3. The van der Waals surface area contributed by atoms with Gasteiger partial charge in [-0.05, 0) is 25.0 Å². The molecule has 19 heavy (non-hydrogen) atoms. The van der Waals surface area contributed by atoms with Gasteiger partial charge in [0, 0.05) is 25.3 Å². The fraction of sp³-hybridized carbons (Fsp3) is 0.615. The van der Waals surface area contributed by atoms with Gasteiger partial charge in [0.2, 0.25) is 0 Å². The van der Waals surface area contributed by atoms with Gasteiger partial charge >= 0.3 is 6.18 Å². The van der Waals surface area contributed by atoms with E-state index < -0.39 is 11.7 Å². The lowest BCUT2D eigenvalue weighted by Crippen LogP contribution is -2.40. The number of nitrogens with zero attached hydrogens (tertiary/aromatic N) is 2. The summed E-state index contributed by atoms with van der Waals surface area (Å²) >= 11 is 0. The summed E-state index contributed by atoms with van der Waals surface area (Å²) in [4.78, 5) is 6.01. The van der Waals surface area contributed by atoms with Crippen LogP contribution in [0.15, 0.2) is 18.3 Å². The van der Waals surface area contributed by atoms with E-state index in [-0.39, 0.29) is 6.04 Å². The summed E-state index contributed by atoms with van der Waals surface area (Å²) in [6.45, 7) is 1.16. The number of aromatic nitrogens is 1. The smallest absolute Gasteiger partial charge is 0.352 e. The molecule has 1 fully saturated rings. The van der Waals surface area contributed by atoms with Gasteiger partial charge in [-0.15, -0.1) is 0 Å². The minimum Gasteiger partial charge on any atom is -0.352 e. The topological polar surface area (TPSA) is 42.1 Å². The molecule has 6 heteroatoms. The van der Waals surface area contributed by atoms with Gasteiger partial charge in [0.25, 0.3) is 0 Å². The number of nitrogens with two attached hydrogens (primary N) is 1. The van der Waals surface area contributed by atoms with Gasteiger partial charge in [0.05, 0.1) is 5.56 Å². The van der Waals surface area contributed by atoms with E-state index in [1.165, 1.54) is 6.20 Å². The highest BCUT2D eigenvalue weighted by atomic mass is 19.4. The van der Waals surface area contributed by atoms with E-state index in [0.717, 1.165) is 44.4 Å². The van der Waals surface area contributed by atoms with E-state index in [1.807, 2.05) is 4.90 Å². The van der Waals surface area contributed by atoms with E-state index in [1.54, 1.807) is 0 Å². The zero-order valence-electron chi connectivity index (χ0n) is 10.7. The summed E-state index contributed by atoms with van der Waals surface area (Å²) < 4.78 is 38.2. The Labute approximate surface area is 110 Å². The lowest BCUT2D eigenvalue weighted by Gasteiger charge is -2.30. The first-order valence-electron chi connectivity index (χ1n) is 6.52. The van der Waals surface area contributed by atoms with Gasteiger partial charge < -0.3 is 10.6 Å². The zero-order valence-corrected chi connectivity index (χ0v) is 10.7. The first-order chi connectivity index (χ1) is 9.02. The molecule has 0 radical (unpaired) electrons. The number of hydrogen-bond donors (Lipinski definition) is 1. The third-order valence-corrected chi connectivity index (χ3v) is 3.52. The molecule has 1 unspecified atom stereocenters. The fourth-order valence-corrected chi connectivity index (χ4v) is 2.48. The number of hydrogen-bond acceptors (Lipinski definition) is 3. The van der Waals surface area contributed by atoms with Crippen molar-refractivity contribution in [3.63, 3.8) is 0 Å². The Morgan fingerprint density at radius 3 is 2.79 bits per heavy atom. The van der Waals surface area contributed by atoms with Crippen LogP contribution in [-0.4, -0.2) is 24.1 Å². The van der Waals surface area contributed by atoms with Crippen LogP contribution in [0.4, 0.5) is 19.0 Å². The van der Waals surface area contributed by atoms with E-state index in [0.29, 0.717) is 12.4 Å². The van der Waals surface area contributed by atoms with Crippen molar-refractivity contribution >= 4 is 5.82 Å². The monoisotopic (exact) mass is 273 g/mol. The average Bonchev–Trinajstić information content (AvgIpc) is 2.62. The number of alkyl halides is 3. The highest BCUT2D eigenvalue weighted by Gasteiger charge is 2.32. The zero-order chi connectivity index (χ0) is 13.9. The summed E-state index contributed by atoms with van der Waals surface area (Å²) in [5.74, 6) is 0.382. The van der Waals surface area contributed by atoms with Gasteiger partial charge in [-0.25, -0.2) is 4.98 Å². The molecule has 1 aromatic rings. The van der Waals surface area contributed by atoms with E-state index in [9.17, 15) is 13.2 Å². The number of pyridine rings is 1. The second-order valence-corrected chi connectivity index (χ2v) is 4.83. The Kier molecular flexibility index (Phi) is 4.29. The summed E-state index contributed by atoms with van der Waals surface area (Å²) in [6.07, 6.45) is 0.921. The van der Waals surface area contributed by atoms with Crippen molar-refractivity contribution in [2.45, 2.75) is 37.9 Å². The molecule has 1 aliphatic heterocycles. The van der Waals surface area contributed by atoms with Crippen molar-refractivity contribution in [1.82, 2.24) is 4.98 Å². The molecule has 0 aliphatic carbocycles. The third-order valence-electron chi connectivity index (χ3n) is 3.52. The van der Waals surface area contributed by atoms with Gasteiger partial charge in [0.15, 0.2) is 0 Å². The van der Waals surface area contributed by atoms with Gasteiger partial charge in [-0.2, -0.15) is 13.2 Å². The molecule has 1 aliphatic rings. The maximum atomic E-state index is 12.7. The van der Waals surface area contributed by atoms with Gasteiger partial charge in [-0.3, -0.25) is 0 Å². The predicted molar refractivity (Wildman–Crippen MR) is 67.9 cm³/mol. The molecular weight excluding hydrogens is 255 g/mol. The van der Waals surface area contributed by atoms with Crippen molar-refractivity contribution in [3.05, 3.63) is 23.9 Å². The minimum absolute atomic E-state index is 0.0819. The predicted octanol–water partition coefficient (Wildman–Crippen LogP) is 2.81. The Balaban J connectivity index is 2.28. The fourth-order valence-electron chi connectivity index (χ4n) is 2.48. The van der Waals surface area contributed by atoms with Crippen molar-refractivity contribution in [3.8, 4) is 0 Å². The van der Waals surface area contributed by atoms with Crippen LogP contribution < -0.4 is 10.6 Å². The lowest BCUT2D eigenvalue weighted by molar-refractivity contribution is -0.137. The molecule has 1 atom stereocenters. The normalized spacial score (nSPS) is 21.3. The summed E-state index contributed by atoms with van der Waals surface area (Å²) in [7, 11) is 0. The van der Waals surface area contributed by atoms with Crippen LogP contribution in [0.2, 0.25) is 0 Å². The van der Waals surface area contributed by atoms with Gasteiger partial charge in [-0.1, -0.05) is 12.8 Å². The molecule has 0 bridgehead atoms. The average molecular weight is 273 g/mol. The van der Waals surface area contributed by atoms with E-state index >= 15 is 0 Å². The van der Waals surface area contributed by atoms with Crippen molar-refractivity contribution in [2.24, 2.45) is 5.73 Å². The number of rotatable bonds is 2. The maximum absolute atomic E-state index is 12.7. The second kappa shape index (κ2) is 5.77. The third kappa shape index (κ3) is 3.37. The standard InChI is InChI=1S/C13H18F3N3/c14-13(15,16)10-5-6-18-12(8-10)19-7-3-1-2-4-11(19)9-17/h5-6,8,11H,1-4,7,9,17H2. The quantitative estimate of drug-likeness (QED) is 0.901. The van der Waals surface area contributed by atoms with Crippen LogP contribution in [0.3, 0.4) is 0 Å². The van der Waals surface area contributed by atoms with Crippen LogP contribution >= 0.6 is 0 Å². The summed E-state index contributed by atoms with van der Waals surface area (Å²) in [5.41, 5.74) is 5.08. The highest BCUT2D eigenvalue weighted by molar-refractivity contribution is 5.43. The van der Waals surface area contributed by atoms with Crippen LogP contribution in [-0.2, 0) is 6.18 Å². The van der Waals surface area contributed by atoms with Crippen LogP contribution in [0.5, 0.6) is 0 Å². The van der Waals surface area contributed by atoms with E-state index in [4.69, 9.17) is 5.73 Å². The van der Waals surface area contributed by atoms with Crippen LogP contribution in [0.1, 0.15) is 31.2 Å². The first-order valence-corrected chi connectivity index (χ1v) is 6.52. The molecule has 1 aromatic heterocycles. The molecule has 0 amide bonds. The molecule has 2 heterocycles. The largest absolute Gasteiger partial charge is 0.416 e. The molecule has 2 N–H and O–H groups in total. The van der Waals surface area contributed by atoms with Crippen molar-refractivity contribution in [2.75, 3.05) is 18.0 Å². The lowest BCUT2D eigenvalue weighted by atomic mass is 10.1. The van der Waals surface area contributed by atoms with E-state index in [2.05, 4.69) is 4.98 Å². The highest BCUT2D eigenvalue weighted by Crippen LogP contribution is 2.31. The minimum atomic E-state index is -4.33.